The quantitative estimate of drug-likeness (QED) is 0.107. The van der Waals surface area contributed by atoms with Crippen molar-refractivity contribution in [3.8, 4) is 0 Å². The minimum Gasteiger partial charge on any atom is -0.353 e. The zero-order chi connectivity index (χ0) is 19.8. The van der Waals surface area contributed by atoms with Crippen LogP contribution in [-0.2, 0) is 4.79 Å². The minimum absolute atomic E-state index is 0.0200. The third-order valence-electron chi connectivity index (χ3n) is 4.71. The number of carbonyl (C=O) groups excluding carboxylic acids is 1. The molecule has 0 radical (unpaired) electrons. The lowest BCUT2D eigenvalue weighted by Crippen LogP contribution is -2.21. The summed E-state index contributed by atoms with van der Waals surface area (Å²) >= 11 is 0. The first kappa shape index (κ1) is 25.7. The molecule has 0 saturated heterocycles. The van der Waals surface area contributed by atoms with Crippen LogP contribution in [0, 0.1) is 0 Å². The largest absolute Gasteiger partial charge is 0.353 e. The first-order valence-electron chi connectivity index (χ1n) is 11.6. The summed E-state index contributed by atoms with van der Waals surface area (Å²) < 4.78 is 0. The van der Waals surface area contributed by atoms with Gasteiger partial charge in [-0.25, -0.2) is 0 Å². The molecule has 0 aromatic rings. The van der Waals surface area contributed by atoms with E-state index in [1.54, 1.807) is 6.08 Å². The molecule has 1 N–H and O–H groups in total. The Hall–Kier alpha value is -1.31. The van der Waals surface area contributed by atoms with Gasteiger partial charge in [-0.2, -0.15) is 0 Å². The maximum atomic E-state index is 11.5. The molecule has 2 heteroatoms. The minimum atomic E-state index is 0.0200. The first-order valence-corrected chi connectivity index (χ1v) is 11.6. The maximum absolute atomic E-state index is 11.5. The fourth-order valence-corrected chi connectivity index (χ4v) is 2.94. The Balaban J connectivity index is 3.32. The van der Waals surface area contributed by atoms with Gasteiger partial charge in [0.1, 0.15) is 0 Å². The molecule has 0 aromatic heterocycles. The van der Waals surface area contributed by atoms with E-state index in [1.807, 2.05) is 12.2 Å². The van der Waals surface area contributed by atoms with Crippen molar-refractivity contribution in [2.45, 2.75) is 110 Å². The Morgan fingerprint density at radius 1 is 0.630 bits per heavy atom. The number of unbranched alkanes of at least 4 members (excludes halogenated alkanes) is 12. The molecule has 0 saturated carbocycles. The smallest absolute Gasteiger partial charge is 0.243 e. The number of rotatable bonds is 19. The molecule has 0 spiro atoms. The van der Waals surface area contributed by atoms with E-state index in [0.29, 0.717) is 0 Å². The molecule has 0 aliphatic rings. The van der Waals surface area contributed by atoms with Gasteiger partial charge >= 0.3 is 0 Å². The van der Waals surface area contributed by atoms with Gasteiger partial charge in [-0.05, 0) is 44.9 Å². The zero-order valence-corrected chi connectivity index (χ0v) is 18.2. The van der Waals surface area contributed by atoms with Crippen LogP contribution in [0.15, 0.2) is 36.5 Å². The molecule has 0 bridgehead atoms. The lowest BCUT2D eigenvalue weighted by atomic mass is 10.1. The SMILES string of the molecule is CCCCC/C=C\CCCCCCCC/C=C/C=C/C(=O)NCCCCC. The molecule has 0 aliphatic carbocycles. The highest BCUT2D eigenvalue weighted by Crippen LogP contribution is 2.09. The van der Waals surface area contributed by atoms with Gasteiger partial charge in [0.15, 0.2) is 0 Å². The molecular weight excluding hydrogens is 330 g/mol. The second kappa shape index (κ2) is 22.7. The Kier molecular flexibility index (Phi) is 21.6. The Labute approximate surface area is 169 Å². The van der Waals surface area contributed by atoms with Gasteiger partial charge < -0.3 is 5.32 Å². The van der Waals surface area contributed by atoms with E-state index in [0.717, 1.165) is 19.4 Å². The molecule has 0 unspecified atom stereocenters. The van der Waals surface area contributed by atoms with E-state index < -0.39 is 0 Å². The molecule has 0 aliphatic heterocycles. The predicted octanol–water partition coefficient (Wildman–Crippen LogP) is 7.66. The molecule has 0 heterocycles. The number of carbonyl (C=O) groups is 1. The molecular formula is C25H45NO. The van der Waals surface area contributed by atoms with Crippen LogP contribution in [0.5, 0.6) is 0 Å². The number of allylic oxidation sites excluding steroid dienone is 5. The van der Waals surface area contributed by atoms with E-state index >= 15 is 0 Å². The van der Waals surface area contributed by atoms with Crippen LogP contribution in [0.25, 0.3) is 0 Å². The van der Waals surface area contributed by atoms with Crippen LogP contribution in [-0.4, -0.2) is 12.5 Å². The molecule has 2 nitrogen and oxygen atoms in total. The molecule has 27 heavy (non-hydrogen) atoms. The Morgan fingerprint density at radius 2 is 1.15 bits per heavy atom. The average molecular weight is 376 g/mol. The Morgan fingerprint density at radius 3 is 1.78 bits per heavy atom. The number of hydrogen-bond donors (Lipinski definition) is 1. The van der Waals surface area contributed by atoms with Gasteiger partial charge in [-0.1, -0.05) is 95.6 Å². The number of hydrogen-bond acceptors (Lipinski definition) is 1. The van der Waals surface area contributed by atoms with E-state index in [1.165, 1.54) is 83.5 Å². The summed E-state index contributed by atoms with van der Waals surface area (Å²) in [5, 5.41) is 2.91. The van der Waals surface area contributed by atoms with E-state index in [2.05, 4.69) is 37.4 Å². The van der Waals surface area contributed by atoms with Crippen LogP contribution >= 0.6 is 0 Å². The predicted molar refractivity (Wildman–Crippen MR) is 121 cm³/mol. The fourth-order valence-electron chi connectivity index (χ4n) is 2.94. The van der Waals surface area contributed by atoms with Crippen LogP contribution < -0.4 is 5.32 Å². The summed E-state index contributed by atoms with van der Waals surface area (Å²) in [6.07, 6.45) is 31.5. The summed E-state index contributed by atoms with van der Waals surface area (Å²) in [6, 6.07) is 0. The van der Waals surface area contributed by atoms with Gasteiger partial charge in [0, 0.05) is 12.6 Å². The monoisotopic (exact) mass is 375 g/mol. The van der Waals surface area contributed by atoms with Crippen molar-refractivity contribution < 1.29 is 4.79 Å². The fraction of sp³-hybridized carbons (Fsp3) is 0.720. The third kappa shape index (κ3) is 22.6. The van der Waals surface area contributed by atoms with Crippen molar-refractivity contribution >= 4 is 5.91 Å². The van der Waals surface area contributed by atoms with Crippen LogP contribution in [0.4, 0.5) is 0 Å². The average Bonchev–Trinajstić information content (AvgIpc) is 2.67. The van der Waals surface area contributed by atoms with Crippen LogP contribution in [0.3, 0.4) is 0 Å². The first-order chi connectivity index (χ1) is 13.3. The number of amides is 1. The summed E-state index contributed by atoms with van der Waals surface area (Å²) in [4.78, 5) is 11.5. The molecule has 1 amide bonds. The van der Waals surface area contributed by atoms with Gasteiger partial charge in [0.25, 0.3) is 0 Å². The number of nitrogens with one attached hydrogen (secondary N) is 1. The van der Waals surface area contributed by atoms with Gasteiger partial charge in [-0.15, -0.1) is 0 Å². The summed E-state index contributed by atoms with van der Waals surface area (Å²) in [5.74, 6) is 0.0200. The van der Waals surface area contributed by atoms with E-state index in [-0.39, 0.29) is 5.91 Å². The summed E-state index contributed by atoms with van der Waals surface area (Å²) in [6.45, 7) is 5.21. The molecule has 156 valence electrons. The van der Waals surface area contributed by atoms with Crippen molar-refractivity contribution in [3.05, 3.63) is 36.5 Å². The van der Waals surface area contributed by atoms with Gasteiger partial charge in [0.05, 0.1) is 0 Å². The topological polar surface area (TPSA) is 29.1 Å². The molecule has 0 atom stereocenters. The second-order valence-electron chi connectivity index (χ2n) is 7.45. The standard InChI is InChI=1S/C25H45NO/c1-3-5-7-8-9-10-11-12-13-14-15-16-17-18-19-20-21-23-25(27)26-24-22-6-4-2/h9-10,19-21,23H,3-8,11-18,22,24H2,1-2H3,(H,26,27)/b10-9-,20-19+,23-21+. The van der Waals surface area contributed by atoms with Crippen molar-refractivity contribution in [1.29, 1.82) is 0 Å². The summed E-state index contributed by atoms with van der Waals surface area (Å²) in [5.41, 5.74) is 0. The highest BCUT2D eigenvalue weighted by molar-refractivity contribution is 5.87. The summed E-state index contributed by atoms with van der Waals surface area (Å²) in [7, 11) is 0. The molecule has 0 rings (SSSR count). The Bertz CT molecular complexity index is 395. The van der Waals surface area contributed by atoms with Crippen molar-refractivity contribution in [1.82, 2.24) is 5.32 Å². The maximum Gasteiger partial charge on any atom is 0.243 e. The second-order valence-corrected chi connectivity index (χ2v) is 7.45. The molecule has 0 fully saturated rings. The highest BCUT2D eigenvalue weighted by Gasteiger charge is 1.93. The van der Waals surface area contributed by atoms with Crippen LogP contribution in [0.2, 0.25) is 0 Å². The van der Waals surface area contributed by atoms with Gasteiger partial charge in [0.2, 0.25) is 5.91 Å². The van der Waals surface area contributed by atoms with Crippen molar-refractivity contribution in [3.63, 3.8) is 0 Å². The third-order valence-corrected chi connectivity index (χ3v) is 4.71. The lowest BCUT2D eigenvalue weighted by Gasteiger charge is -2.00. The highest BCUT2D eigenvalue weighted by atomic mass is 16.1. The van der Waals surface area contributed by atoms with E-state index in [4.69, 9.17) is 0 Å². The van der Waals surface area contributed by atoms with Crippen molar-refractivity contribution in [2.75, 3.05) is 6.54 Å². The van der Waals surface area contributed by atoms with Crippen molar-refractivity contribution in [2.24, 2.45) is 0 Å². The van der Waals surface area contributed by atoms with E-state index in [9.17, 15) is 4.79 Å². The van der Waals surface area contributed by atoms with Gasteiger partial charge in [-0.3, -0.25) is 4.79 Å². The zero-order valence-electron chi connectivity index (χ0n) is 18.2. The lowest BCUT2D eigenvalue weighted by molar-refractivity contribution is -0.116. The molecule has 0 aromatic carbocycles. The van der Waals surface area contributed by atoms with Crippen LogP contribution in [0.1, 0.15) is 110 Å². The normalized spacial score (nSPS) is 11.9.